The molecule has 1 heterocycles. The van der Waals surface area contributed by atoms with E-state index in [9.17, 15) is 13.8 Å². The number of urea groups is 1. The van der Waals surface area contributed by atoms with Crippen LogP contribution in [0.3, 0.4) is 0 Å². The second kappa shape index (κ2) is 6.36. The number of carbonyl (C=O) groups excluding carboxylic acids is 1. The summed E-state index contributed by atoms with van der Waals surface area (Å²) in [5, 5.41) is 14.6. The summed E-state index contributed by atoms with van der Waals surface area (Å²) in [6.45, 7) is 0. The fraction of sp³-hybridized carbons (Fsp3) is 0.833. The van der Waals surface area contributed by atoms with E-state index in [1.54, 1.807) is 0 Å². The van der Waals surface area contributed by atoms with Crippen LogP contribution in [0.25, 0.3) is 0 Å². The fourth-order valence-electron chi connectivity index (χ4n) is 2.69. The molecule has 0 bridgehead atoms. The van der Waals surface area contributed by atoms with Crippen LogP contribution in [0.15, 0.2) is 0 Å². The zero-order valence-electron chi connectivity index (χ0n) is 10.8. The monoisotopic (exact) mass is 288 g/mol. The Bertz CT molecular complexity index is 378. The van der Waals surface area contributed by atoms with E-state index in [2.05, 4.69) is 10.6 Å². The molecule has 0 spiro atoms. The Morgan fingerprint density at radius 3 is 2.21 bits per heavy atom. The standard InChI is InChI=1S/C12H20N2O4S/c15-11(16)8-1-2-10(7-8)14-12(17)13-9-3-5-19(18)6-4-9/h8-10H,1-7H2,(H,15,16)(H2,13,14,17). The van der Waals surface area contributed by atoms with Crippen LogP contribution in [0.5, 0.6) is 0 Å². The number of aliphatic carboxylic acids is 1. The van der Waals surface area contributed by atoms with Gasteiger partial charge in [0.2, 0.25) is 0 Å². The van der Waals surface area contributed by atoms with E-state index in [1.165, 1.54) is 0 Å². The Morgan fingerprint density at radius 2 is 1.63 bits per heavy atom. The molecule has 108 valence electrons. The summed E-state index contributed by atoms with van der Waals surface area (Å²) in [7, 11) is -0.727. The van der Waals surface area contributed by atoms with E-state index in [4.69, 9.17) is 5.11 Å². The number of carboxylic acids is 1. The van der Waals surface area contributed by atoms with Crippen LogP contribution >= 0.6 is 0 Å². The smallest absolute Gasteiger partial charge is 0.315 e. The van der Waals surface area contributed by atoms with E-state index in [1.807, 2.05) is 0 Å². The average molecular weight is 288 g/mol. The van der Waals surface area contributed by atoms with Crippen molar-refractivity contribution in [3.8, 4) is 0 Å². The quantitative estimate of drug-likeness (QED) is 0.702. The lowest BCUT2D eigenvalue weighted by molar-refractivity contribution is -0.141. The molecule has 2 amide bonds. The molecule has 6 nitrogen and oxygen atoms in total. The largest absolute Gasteiger partial charge is 0.481 e. The molecule has 2 aliphatic rings. The highest BCUT2D eigenvalue weighted by Gasteiger charge is 2.31. The molecule has 1 saturated heterocycles. The van der Waals surface area contributed by atoms with E-state index < -0.39 is 16.8 Å². The van der Waals surface area contributed by atoms with E-state index in [0.717, 1.165) is 19.3 Å². The molecule has 1 aliphatic carbocycles. The first kappa shape index (κ1) is 14.3. The van der Waals surface area contributed by atoms with E-state index in [-0.39, 0.29) is 24.0 Å². The van der Waals surface area contributed by atoms with Gasteiger partial charge in [-0.3, -0.25) is 9.00 Å². The molecule has 2 atom stereocenters. The Hall–Kier alpha value is -1.11. The van der Waals surface area contributed by atoms with Crippen LogP contribution in [0.4, 0.5) is 4.79 Å². The van der Waals surface area contributed by atoms with Crippen molar-refractivity contribution >= 4 is 22.8 Å². The van der Waals surface area contributed by atoms with Gasteiger partial charge in [-0.05, 0) is 32.1 Å². The molecule has 1 saturated carbocycles. The van der Waals surface area contributed by atoms with Gasteiger partial charge in [0.05, 0.1) is 5.92 Å². The molecule has 2 rings (SSSR count). The first-order valence-corrected chi connectivity index (χ1v) is 8.18. The van der Waals surface area contributed by atoms with Gasteiger partial charge in [0, 0.05) is 34.4 Å². The van der Waals surface area contributed by atoms with Crippen LogP contribution in [-0.2, 0) is 15.6 Å². The molecule has 19 heavy (non-hydrogen) atoms. The summed E-state index contributed by atoms with van der Waals surface area (Å²) in [5.41, 5.74) is 0. The Balaban J connectivity index is 1.70. The molecule has 7 heteroatoms. The minimum Gasteiger partial charge on any atom is -0.481 e. The Labute approximate surface area is 114 Å². The van der Waals surface area contributed by atoms with Gasteiger partial charge in [-0.15, -0.1) is 0 Å². The SMILES string of the molecule is O=C(NC1CCS(=O)CC1)NC1CCC(C(=O)O)C1. The molecule has 0 radical (unpaired) electrons. The molecule has 0 aromatic rings. The van der Waals surface area contributed by atoms with Crippen molar-refractivity contribution in [3.63, 3.8) is 0 Å². The van der Waals surface area contributed by atoms with Gasteiger partial charge >= 0.3 is 12.0 Å². The number of amides is 2. The average Bonchev–Trinajstić information content (AvgIpc) is 2.80. The summed E-state index contributed by atoms with van der Waals surface area (Å²) >= 11 is 0. The Kier molecular flexibility index (Phi) is 4.79. The molecule has 1 aliphatic heterocycles. The summed E-state index contributed by atoms with van der Waals surface area (Å²) in [6.07, 6.45) is 3.37. The van der Waals surface area contributed by atoms with Crippen molar-refractivity contribution < 1.29 is 18.9 Å². The van der Waals surface area contributed by atoms with Crippen LogP contribution in [-0.4, -0.2) is 44.9 Å². The topological polar surface area (TPSA) is 95.5 Å². The zero-order chi connectivity index (χ0) is 13.8. The summed E-state index contributed by atoms with van der Waals surface area (Å²) in [4.78, 5) is 22.6. The maximum Gasteiger partial charge on any atom is 0.315 e. The number of rotatable bonds is 3. The highest BCUT2D eigenvalue weighted by atomic mass is 32.2. The number of carboxylic acid groups (broad SMARTS) is 1. The molecular formula is C12H20N2O4S. The summed E-state index contributed by atoms with van der Waals surface area (Å²) < 4.78 is 11.2. The summed E-state index contributed by atoms with van der Waals surface area (Å²) in [5.74, 6) is 0.187. The van der Waals surface area contributed by atoms with Crippen molar-refractivity contribution in [2.45, 2.75) is 44.2 Å². The van der Waals surface area contributed by atoms with Crippen molar-refractivity contribution in [3.05, 3.63) is 0 Å². The first-order valence-electron chi connectivity index (χ1n) is 6.69. The summed E-state index contributed by atoms with van der Waals surface area (Å²) in [6, 6.07) is -0.179. The minimum atomic E-state index is -0.778. The van der Waals surface area contributed by atoms with Crippen LogP contribution in [0, 0.1) is 5.92 Å². The lowest BCUT2D eigenvalue weighted by Gasteiger charge is -2.23. The van der Waals surface area contributed by atoms with Gasteiger partial charge in [0.25, 0.3) is 0 Å². The van der Waals surface area contributed by atoms with Crippen LogP contribution in [0.1, 0.15) is 32.1 Å². The van der Waals surface area contributed by atoms with Crippen LogP contribution in [0.2, 0.25) is 0 Å². The lowest BCUT2D eigenvalue weighted by atomic mass is 10.1. The zero-order valence-corrected chi connectivity index (χ0v) is 11.6. The van der Waals surface area contributed by atoms with Crippen molar-refractivity contribution in [2.24, 2.45) is 5.92 Å². The third-order valence-corrected chi connectivity index (χ3v) is 5.22. The molecular weight excluding hydrogens is 268 g/mol. The van der Waals surface area contributed by atoms with E-state index in [0.29, 0.717) is 24.3 Å². The van der Waals surface area contributed by atoms with Crippen molar-refractivity contribution in [1.29, 1.82) is 0 Å². The minimum absolute atomic E-state index is 0.0428. The fourth-order valence-corrected chi connectivity index (χ4v) is 3.99. The maximum absolute atomic E-state index is 11.8. The van der Waals surface area contributed by atoms with Crippen molar-refractivity contribution in [1.82, 2.24) is 10.6 Å². The number of hydrogen-bond donors (Lipinski definition) is 3. The third-order valence-electron chi connectivity index (χ3n) is 3.84. The highest BCUT2D eigenvalue weighted by molar-refractivity contribution is 7.85. The molecule has 3 N–H and O–H groups in total. The Morgan fingerprint density at radius 1 is 1.00 bits per heavy atom. The van der Waals surface area contributed by atoms with Gasteiger partial charge in [-0.1, -0.05) is 0 Å². The predicted octanol–water partition coefficient (Wildman–Crippen LogP) is 0.450. The van der Waals surface area contributed by atoms with Gasteiger partial charge in [0.15, 0.2) is 0 Å². The highest BCUT2D eigenvalue weighted by Crippen LogP contribution is 2.25. The number of nitrogens with one attached hydrogen (secondary N) is 2. The van der Waals surface area contributed by atoms with Crippen LogP contribution < -0.4 is 10.6 Å². The number of hydrogen-bond acceptors (Lipinski definition) is 3. The molecule has 2 unspecified atom stereocenters. The van der Waals surface area contributed by atoms with Crippen molar-refractivity contribution in [2.75, 3.05) is 11.5 Å². The molecule has 0 aromatic carbocycles. The van der Waals surface area contributed by atoms with Gasteiger partial charge < -0.3 is 15.7 Å². The first-order chi connectivity index (χ1) is 9.04. The van der Waals surface area contributed by atoms with Gasteiger partial charge in [-0.2, -0.15) is 0 Å². The molecule has 2 fully saturated rings. The normalized spacial score (nSPS) is 34.7. The molecule has 0 aromatic heterocycles. The maximum atomic E-state index is 11.8. The number of carbonyl (C=O) groups is 2. The second-order valence-corrected chi connectivity index (χ2v) is 6.98. The van der Waals surface area contributed by atoms with E-state index >= 15 is 0 Å². The van der Waals surface area contributed by atoms with Gasteiger partial charge in [-0.25, -0.2) is 4.79 Å². The third kappa shape index (κ3) is 4.19. The second-order valence-electron chi connectivity index (χ2n) is 5.29. The lowest BCUT2D eigenvalue weighted by Crippen LogP contribution is -2.47. The van der Waals surface area contributed by atoms with Gasteiger partial charge in [0.1, 0.15) is 0 Å². The predicted molar refractivity (Wildman–Crippen MR) is 71.3 cm³/mol.